The molecule has 0 saturated heterocycles. The van der Waals surface area contributed by atoms with Crippen molar-refractivity contribution in [3.8, 4) is 0 Å². The third-order valence-electron chi connectivity index (χ3n) is 2.60. The zero-order valence-electron chi connectivity index (χ0n) is 7.66. The van der Waals surface area contributed by atoms with Crippen LogP contribution in [0.5, 0.6) is 0 Å². The Morgan fingerprint density at radius 3 is 3.00 bits per heavy atom. The lowest BCUT2D eigenvalue weighted by Gasteiger charge is -2.18. The van der Waals surface area contributed by atoms with Crippen LogP contribution in [0, 0.1) is 0 Å². The van der Waals surface area contributed by atoms with Gasteiger partial charge in [0.15, 0.2) is 0 Å². The van der Waals surface area contributed by atoms with Crippen molar-refractivity contribution in [2.24, 2.45) is 5.73 Å². The van der Waals surface area contributed by atoms with Crippen LogP contribution in [0.1, 0.15) is 37.3 Å². The van der Waals surface area contributed by atoms with Gasteiger partial charge < -0.3 is 5.73 Å². The van der Waals surface area contributed by atoms with Crippen molar-refractivity contribution >= 4 is 0 Å². The van der Waals surface area contributed by atoms with E-state index in [9.17, 15) is 0 Å². The number of nitrogens with one attached hydrogen (secondary N) is 1. The van der Waals surface area contributed by atoms with Crippen LogP contribution in [-0.2, 0) is 0 Å². The highest BCUT2D eigenvalue weighted by Gasteiger charge is 2.14. The first kappa shape index (κ1) is 8.51. The lowest BCUT2D eigenvalue weighted by molar-refractivity contribution is 0.648. The summed E-state index contributed by atoms with van der Waals surface area (Å²) in [5, 5.41) is 6.70. The van der Waals surface area contributed by atoms with Gasteiger partial charge in [0.05, 0.1) is 12.2 Å². The molecule has 0 amide bonds. The van der Waals surface area contributed by atoms with Crippen LogP contribution in [0.25, 0.3) is 0 Å². The Bertz CT molecular complexity index is 287. The highest BCUT2D eigenvalue weighted by molar-refractivity contribution is 5.24. The van der Waals surface area contributed by atoms with E-state index in [-0.39, 0.29) is 6.04 Å². The molecule has 1 aromatic rings. The molecular weight excluding hydrogens is 162 g/mol. The highest BCUT2D eigenvalue weighted by Crippen LogP contribution is 2.27. The van der Waals surface area contributed by atoms with Crippen molar-refractivity contribution in [1.29, 1.82) is 0 Å². The molecule has 0 spiro atoms. The second-order valence-corrected chi connectivity index (χ2v) is 3.53. The van der Waals surface area contributed by atoms with Crippen molar-refractivity contribution in [3.05, 3.63) is 29.6 Å². The Balaban J connectivity index is 2.12. The molecule has 1 aliphatic rings. The summed E-state index contributed by atoms with van der Waals surface area (Å²) in [6.45, 7) is 0. The van der Waals surface area contributed by atoms with Crippen molar-refractivity contribution in [2.75, 3.05) is 0 Å². The topological polar surface area (TPSA) is 54.7 Å². The molecule has 1 aliphatic carbocycles. The summed E-state index contributed by atoms with van der Waals surface area (Å²) in [6.07, 6.45) is 10.9. The fourth-order valence-corrected chi connectivity index (χ4v) is 1.79. The maximum Gasteiger partial charge on any atom is 0.0542 e. The largest absolute Gasteiger partial charge is 0.320 e. The third-order valence-corrected chi connectivity index (χ3v) is 2.60. The molecule has 3 nitrogen and oxygen atoms in total. The predicted octanol–water partition coefficient (Wildman–Crippen LogP) is 1.91. The summed E-state index contributed by atoms with van der Waals surface area (Å²) in [7, 11) is 0. The van der Waals surface area contributed by atoms with E-state index in [1.54, 1.807) is 6.20 Å². The Kier molecular flexibility index (Phi) is 2.45. The zero-order chi connectivity index (χ0) is 9.10. The molecule has 70 valence electrons. The van der Waals surface area contributed by atoms with Crippen LogP contribution >= 0.6 is 0 Å². The van der Waals surface area contributed by atoms with Gasteiger partial charge >= 0.3 is 0 Å². The molecule has 1 aromatic heterocycles. The van der Waals surface area contributed by atoms with E-state index in [0.717, 1.165) is 12.0 Å². The summed E-state index contributed by atoms with van der Waals surface area (Å²) in [6, 6.07) is 0.0547. The predicted molar refractivity (Wildman–Crippen MR) is 52.1 cm³/mol. The molecule has 0 aromatic carbocycles. The molecule has 1 heterocycles. The molecule has 3 N–H and O–H groups in total. The minimum atomic E-state index is 0.0547. The first-order valence-electron chi connectivity index (χ1n) is 4.81. The molecule has 0 aliphatic heterocycles. The summed E-state index contributed by atoms with van der Waals surface area (Å²) < 4.78 is 0. The van der Waals surface area contributed by atoms with E-state index in [2.05, 4.69) is 16.3 Å². The van der Waals surface area contributed by atoms with Gasteiger partial charge in [0, 0.05) is 11.8 Å². The first-order valence-corrected chi connectivity index (χ1v) is 4.81. The summed E-state index contributed by atoms with van der Waals surface area (Å²) in [5.41, 5.74) is 8.54. The molecule has 13 heavy (non-hydrogen) atoms. The standard InChI is InChI=1S/C10H15N3/c11-10(9-6-12-13-7-9)8-4-2-1-3-5-8/h4,6-7,10H,1-3,5,11H2,(H,12,13). The third kappa shape index (κ3) is 1.80. The van der Waals surface area contributed by atoms with Gasteiger partial charge in [-0.15, -0.1) is 0 Å². The summed E-state index contributed by atoms with van der Waals surface area (Å²) in [5.74, 6) is 0. The van der Waals surface area contributed by atoms with Crippen LogP contribution in [0.4, 0.5) is 0 Å². The number of aromatic nitrogens is 2. The van der Waals surface area contributed by atoms with Gasteiger partial charge in [-0.1, -0.05) is 11.6 Å². The molecular formula is C10H15N3. The van der Waals surface area contributed by atoms with Gasteiger partial charge in [-0.3, -0.25) is 5.10 Å². The number of allylic oxidation sites excluding steroid dienone is 1. The maximum absolute atomic E-state index is 6.09. The first-order chi connectivity index (χ1) is 6.38. The van der Waals surface area contributed by atoms with Crippen molar-refractivity contribution in [1.82, 2.24) is 10.2 Å². The molecule has 0 saturated carbocycles. The maximum atomic E-state index is 6.09. The zero-order valence-corrected chi connectivity index (χ0v) is 7.66. The number of hydrogen-bond acceptors (Lipinski definition) is 2. The molecule has 3 heteroatoms. The van der Waals surface area contributed by atoms with Gasteiger partial charge in [-0.2, -0.15) is 5.10 Å². The molecule has 0 bridgehead atoms. The Morgan fingerprint density at radius 1 is 1.46 bits per heavy atom. The van der Waals surface area contributed by atoms with Gasteiger partial charge in [-0.05, 0) is 25.7 Å². The van der Waals surface area contributed by atoms with E-state index in [1.807, 2.05) is 6.20 Å². The average Bonchev–Trinajstić information content (AvgIpc) is 2.71. The van der Waals surface area contributed by atoms with Crippen LogP contribution in [0.2, 0.25) is 0 Å². The quantitative estimate of drug-likeness (QED) is 0.678. The number of hydrogen-bond donors (Lipinski definition) is 2. The van der Waals surface area contributed by atoms with Gasteiger partial charge in [0.25, 0.3) is 0 Å². The normalized spacial score (nSPS) is 19.6. The smallest absolute Gasteiger partial charge is 0.0542 e. The number of aromatic amines is 1. The number of rotatable bonds is 2. The summed E-state index contributed by atoms with van der Waals surface area (Å²) in [4.78, 5) is 0. The van der Waals surface area contributed by atoms with E-state index in [4.69, 9.17) is 5.73 Å². The average molecular weight is 177 g/mol. The Morgan fingerprint density at radius 2 is 2.38 bits per heavy atom. The van der Waals surface area contributed by atoms with Crippen LogP contribution in [-0.4, -0.2) is 10.2 Å². The minimum Gasteiger partial charge on any atom is -0.320 e. The van der Waals surface area contributed by atoms with E-state index in [1.165, 1.54) is 24.8 Å². The van der Waals surface area contributed by atoms with Crippen LogP contribution in [0.15, 0.2) is 24.0 Å². The molecule has 1 atom stereocenters. The van der Waals surface area contributed by atoms with E-state index < -0.39 is 0 Å². The van der Waals surface area contributed by atoms with Crippen LogP contribution in [0.3, 0.4) is 0 Å². The van der Waals surface area contributed by atoms with Gasteiger partial charge in [0.2, 0.25) is 0 Å². The molecule has 2 rings (SSSR count). The number of nitrogens with two attached hydrogens (primary N) is 1. The lowest BCUT2D eigenvalue weighted by atomic mass is 9.92. The second kappa shape index (κ2) is 3.75. The molecule has 0 radical (unpaired) electrons. The van der Waals surface area contributed by atoms with E-state index in [0.29, 0.717) is 0 Å². The summed E-state index contributed by atoms with van der Waals surface area (Å²) >= 11 is 0. The van der Waals surface area contributed by atoms with E-state index >= 15 is 0 Å². The fourth-order valence-electron chi connectivity index (χ4n) is 1.79. The van der Waals surface area contributed by atoms with Crippen molar-refractivity contribution in [3.63, 3.8) is 0 Å². The second-order valence-electron chi connectivity index (χ2n) is 3.53. The molecule has 1 unspecified atom stereocenters. The highest BCUT2D eigenvalue weighted by atomic mass is 15.1. The van der Waals surface area contributed by atoms with Crippen molar-refractivity contribution in [2.45, 2.75) is 31.7 Å². The SMILES string of the molecule is NC(C1=CCCCC1)c1cn[nH]c1. The van der Waals surface area contributed by atoms with Gasteiger partial charge in [-0.25, -0.2) is 0 Å². The fraction of sp³-hybridized carbons (Fsp3) is 0.500. The van der Waals surface area contributed by atoms with Crippen molar-refractivity contribution < 1.29 is 0 Å². The monoisotopic (exact) mass is 177 g/mol. The lowest BCUT2D eigenvalue weighted by Crippen LogP contribution is -2.14. The number of H-pyrrole nitrogens is 1. The van der Waals surface area contributed by atoms with Gasteiger partial charge in [0.1, 0.15) is 0 Å². The Hall–Kier alpha value is -1.09. The minimum absolute atomic E-state index is 0.0547. The Labute approximate surface area is 78.0 Å². The molecule has 0 fully saturated rings. The number of nitrogens with zero attached hydrogens (tertiary/aromatic N) is 1. The van der Waals surface area contributed by atoms with Crippen LogP contribution < -0.4 is 5.73 Å².